The fraction of sp³-hybridized carbons (Fsp3) is 0.444. The van der Waals surface area contributed by atoms with E-state index < -0.39 is 23.3 Å². The molecular formula is C18H18ClF3N4O. The fourth-order valence-electron chi connectivity index (χ4n) is 4.01. The van der Waals surface area contributed by atoms with E-state index >= 15 is 0 Å². The fourth-order valence-corrected chi connectivity index (χ4v) is 4.13. The largest absolute Gasteiger partial charge is 0.434 e. The molecule has 1 aromatic heterocycles. The molecule has 0 spiro atoms. The predicted octanol–water partition coefficient (Wildman–Crippen LogP) is 3.51. The van der Waals surface area contributed by atoms with E-state index in [1.54, 1.807) is 4.90 Å². The lowest BCUT2D eigenvalue weighted by molar-refractivity contribution is -0.143. The quantitative estimate of drug-likeness (QED) is 0.842. The van der Waals surface area contributed by atoms with Crippen molar-refractivity contribution in [3.05, 3.63) is 46.7 Å². The molecule has 2 atom stereocenters. The Morgan fingerprint density at radius 1 is 1.15 bits per heavy atom. The molecule has 27 heavy (non-hydrogen) atoms. The normalized spacial score (nSPS) is 22.7. The summed E-state index contributed by atoms with van der Waals surface area (Å²) in [5, 5.41) is 7.54. The minimum Gasteiger partial charge on any atom is -0.331 e. The van der Waals surface area contributed by atoms with Crippen LogP contribution >= 0.6 is 11.6 Å². The van der Waals surface area contributed by atoms with Crippen molar-refractivity contribution in [2.45, 2.75) is 37.5 Å². The van der Waals surface area contributed by atoms with Crippen molar-refractivity contribution < 1.29 is 18.0 Å². The number of nitrogens with zero attached hydrogens (tertiary/aromatic N) is 3. The van der Waals surface area contributed by atoms with Crippen LogP contribution in [0.25, 0.3) is 5.69 Å². The van der Waals surface area contributed by atoms with E-state index in [4.69, 9.17) is 11.6 Å². The maximum atomic E-state index is 13.9. The SMILES string of the molecule is O=C(c1cnn(-c2ccc(Cl)cc2)c1C(F)(F)F)N1C2CCNCC1CC2. The summed E-state index contributed by atoms with van der Waals surface area (Å²) in [6.07, 6.45) is -1.32. The summed E-state index contributed by atoms with van der Waals surface area (Å²) in [5.41, 5.74) is -1.26. The molecule has 3 heterocycles. The van der Waals surface area contributed by atoms with Gasteiger partial charge in [-0.05, 0) is 50.1 Å². The van der Waals surface area contributed by atoms with E-state index in [1.165, 1.54) is 24.3 Å². The molecule has 1 amide bonds. The molecule has 0 radical (unpaired) electrons. The highest BCUT2D eigenvalue weighted by Gasteiger charge is 2.45. The van der Waals surface area contributed by atoms with Crippen molar-refractivity contribution >= 4 is 17.5 Å². The van der Waals surface area contributed by atoms with Gasteiger partial charge in [-0.2, -0.15) is 18.3 Å². The van der Waals surface area contributed by atoms with E-state index in [9.17, 15) is 18.0 Å². The Labute approximate surface area is 159 Å². The van der Waals surface area contributed by atoms with E-state index in [0.29, 0.717) is 11.6 Å². The highest BCUT2D eigenvalue weighted by molar-refractivity contribution is 6.30. The number of aromatic nitrogens is 2. The van der Waals surface area contributed by atoms with Crippen LogP contribution in [-0.2, 0) is 6.18 Å². The second-order valence-electron chi connectivity index (χ2n) is 6.88. The summed E-state index contributed by atoms with van der Waals surface area (Å²) in [5.74, 6) is -0.598. The van der Waals surface area contributed by atoms with Crippen molar-refractivity contribution in [1.82, 2.24) is 20.0 Å². The van der Waals surface area contributed by atoms with Crippen molar-refractivity contribution in [1.29, 1.82) is 0 Å². The molecule has 2 bridgehead atoms. The van der Waals surface area contributed by atoms with Crippen LogP contribution in [0.2, 0.25) is 5.02 Å². The van der Waals surface area contributed by atoms with Crippen molar-refractivity contribution in [3.8, 4) is 5.69 Å². The van der Waals surface area contributed by atoms with Gasteiger partial charge in [0.25, 0.3) is 5.91 Å². The molecule has 1 aromatic carbocycles. The third-order valence-corrected chi connectivity index (χ3v) is 5.48. The van der Waals surface area contributed by atoms with Gasteiger partial charge < -0.3 is 10.2 Å². The van der Waals surface area contributed by atoms with E-state index in [1.807, 2.05) is 0 Å². The van der Waals surface area contributed by atoms with Crippen LogP contribution in [0.5, 0.6) is 0 Å². The molecule has 144 valence electrons. The molecule has 2 aliphatic heterocycles. The smallest absolute Gasteiger partial charge is 0.331 e. The van der Waals surface area contributed by atoms with Gasteiger partial charge in [-0.3, -0.25) is 4.79 Å². The number of carbonyl (C=O) groups excluding carboxylic acids is 1. The molecule has 0 saturated carbocycles. The number of halogens is 4. The summed E-state index contributed by atoms with van der Waals surface area (Å²) in [6.45, 7) is 1.37. The molecule has 2 fully saturated rings. The third-order valence-electron chi connectivity index (χ3n) is 5.23. The van der Waals surface area contributed by atoms with Gasteiger partial charge in [0.2, 0.25) is 0 Å². The number of rotatable bonds is 2. The Hall–Kier alpha value is -2.06. The predicted molar refractivity (Wildman–Crippen MR) is 94.0 cm³/mol. The highest BCUT2D eigenvalue weighted by atomic mass is 35.5. The number of benzene rings is 1. The number of amides is 1. The van der Waals surface area contributed by atoms with Gasteiger partial charge in [-0.1, -0.05) is 11.6 Å². The zero-order valence-electron chi connectivity index (χ0n) is 14.3. The molecule has 2 aromatic rings. The van der Waals surface area contributed by atoms with E-state index in [2.05, 4.69) is 10.4 Å². The average molecular weight is 399 g/mol. The number of hydrogen-bond acceptors (Lipinski definition) is 3. The first-order chi connectivity index (χ1) is 12.9. The number of carbonyl (C=O) groups is 1. The van der Waals surface area contributed by atoms with Gasteiger partial charge in [0.1, 0.15) is 0 Å². The first-order valence-electron chi connectivity index (χ1n) is 8.81. The van der Waals surface area contributed by atoms with Gasteiger partial charge in [-0.15, -0.1) is 0 Å². The standard InChI is InChI=1S/C18H18ClF3N4O/c19-11-1-3-13(4-2-11)26-16(18(20,21)22)15(10-24-26)17(27)25-12-5-6-14(25)9-23-8-7-12/h1-4,10,12,14,23H,5-9H2. The monoisotopic (exact) mass is 398 g/mol. The number of alkyl halides is 3. The molecule has 2 aliphatic rings. The van der Waals surface area contributed by atoms with Crippen LogP contribution < -0.4 is 5.32 Å². The topological polar surface area (TPSA) is 50.2 Å². The maximum absolute atomic E-state index is 13.9. The third kappa shape index (κ3) is 3.32. The minimum absolute atomic E-state index is 0.0301. The van der Waals surface area contributed by atoms with E-state index in [0.717, 1.165) is 36.7 Å². The van der Waals surface area contributed by atoms with Crippen molar-refractivity contribution in [2.24, 2.45) is 0 Å². The Balaban J connectivity index is 1.77. The lowest BCUT2D eigenvalue weighted by Crippen LogP contribution is -2.43. The summed E-state index contributed by atoms with van der Waals surface area (Å²) >= 11 is 5.82. The zero-order valence-corrected chi connectivity index (χ0v) is 15.1. The molecule has 5 nitrogen and oxygen atoms in total. The van der Waals surface area contributed by atoms with Crippen LogP contribution in [0.1, 0.15) is 35.3 Å². The Morgan fingerprint density at radius 3 is 2.56 bits per heavy atom. The van der Waals surface area contributed by atoms with Crippen LogP contribution in [0, 0.1) is 0 Å². The van der Waals surface area contributed by atoms with Crippen molar-refractivity contribution in [2.75, 3.05) is 13.1 Å². The van der Waals surface area contributed by atoms with Crippen LogP contribution in [0.15, 0.2) is 30.5 Å². The lowest BCUT2D eigenvalue weighted by Gasteiger charge is -2.28. The van der Waals surface area contributed by atoms with Crippen molar-refractivity contribution in [3.63, 3.8) is 0 Å². The Bertz CT molecular complexity index is 835. The second-order valence-corrected chi connectivity index (χ2v) is 7.32. The average Bonchev–Trinajstić information content (AvgIpc) is 3.15. The van der Waals surface area contributed by atoms with Crippen LogP contribution in [-0.4, -0.2) is 45.8 Å². The van der Waals surface area contributed by atoms with Gasteiger partial charge in [0.05, 0.1) is 17.4 Å². The zero-order chi connectivity index (χ0) is 19.2. The molecule has 1 N–H and O–H groups in total. The molecule has 2 saturated heterocycles. The van der Waals surface area contributed by atoms with Gasteiger partial charge in [0, 0.05) is 23.7 Å². The van der Waals surface area contributed by atoms with Gasteiger partial charge >= 0.3 is 6.18 Å². The summed E-state index contributed by atoms with van der Waals surface area (Å²) in [7, 11) is 0. The second kappa shape index (κ2) is 6.83. The molecule has 2 unspecified atom stereocenters. The van der Waals surface area contributed by atoms with Gasteiger partial charge in [0.15, 0.2) is 5.69 Å². The minimum atomic E-state index is -4.72. The van der Waals surface area contributed by atoms with E-state index in [-0.39, 0.29) is 17.8 Å². The number of fused-ring (bicyclic) bond motifs is 2. The molecule has 9 heteroatoms. The lowest BCUT2D eigenvalue weighted by atomic mass is 10.1. The molecule has 0 aliphatic carbocycles. The Kier molecular flexibility index (Phi) is 4.63. The molecule has 4 rings (SSSR count). The summed E-state index contributed by atoms with van der Waals surface area (Å²) in [6, 6.07) is 5.75. The first-order valence-corrected chi connectivity index (χ1v) is 9.18. The number of nitrogens with one attached hydrogen (secondary N) is 1. The summed E-state index contributed by atoms with van der Waals surface area (Å²) in [4.78, 5) is 14.7. The van der Waals surface area contributed by atoms with Crippen LogP contribution in [0.4, 0.5) is 13.2 Å². The number of hydrogen-bond donors (Lipinski definition) is 1. The maximum Gasteiger partial charge on any atom is 0.434 e. The molecular weight excluding hydrogens is 381 g/mol. The van der Waals surface area contributed by atoms with Crippen LogP contribution in [0.3, 0.4) is 0 Å². The first kappa shape index (κ1) is 18.3. The van der Waals surface area contributed by atoms with Gasteiger partial charge in [-0.25, -0.2) is 4.68 Å². The summed E-state index contributed by atoms with van der Waals surface area (Å²) < 4.78 is 42.3. The Morgan fingerprint density at radius 2 is 1.85 bits per heavy atom. The highest BCUT2D eigenvalue weighted by Crippen LogP contribution is 2.36.